The molecule has 1 N–H and O–H groups in total. The van der Waals surface area contributed by atoms with Gasteiger partial charge in [-0.2, -0.15) is 4.98 Å². The van der Waals surface area contributed by atoms with Crippen molar-refractivity contribution in [2.75, 3.05) is 13.1 Å². The standard InChI is InChI=1S/C16H18ClN3O3/c1-10(16(21)22)20-8-2-3-12(9-20)15-18-14(19-23-15)11-4-6-13(17)7-5-11/h4-7,10,12H,2-3,8-9H2,1H3,(H,21,22)/t10-,12+/m0/s1. The summed E-state index contributed by atoms with van der Waals surface area (Å²) in [6, 6.07) is 6.75. The number of aliphatic carboxylic acids is 1. The van der Waals surface area contributed by atoms with Crippen LogP contribution in [0, 0.1) is 0 Å². The molecule has 122 valence electrons. The molecular weight excluding hydrogens is 318 g/mol. The molecule has 0 unspecified atom stereocenters. The van der Waals surface area contributed by atoms with Gasteiger partial charge in [0, 0.05) is 17.1 Å². The molecule has 0 saturated carbocycles. The Balaban J connectivity index is 1.74. The Morgan fingerprint density at radius 2 is 2.17 bits per heavy atom. The molecule has 1 aromatic heterocycles. The number of hydrogen-bond acceptors (Lipinski definition) is 5. The van der Waals surface area contributed by atoms with Crippen LogP contribution in [0.25, 0.3) is 11.4 Å². The minimum atomic E-state index is -0.807. The van der Waals surface area contributed by atoms with Gasteiger partial charge in [0.05, 0.1) is 5.92 Å². The van der Waals surface area contributed by atoms with E-state index in [0.29, 0.717) is 23.3 Å². The first-order valence-electron chi connectivity index (χ1n) is 7.61. The lowest BCUT2D eigenvalue weighted by Crippen LogP contribution is -2.44. The summed E-state index contributed by atoms with van der Waals surface area (Å²) >= 11 is 5.88. The molecule has 0 amide bonds. The summed E-state index contributed by atoms with van der Waals surface area (Å²) in [4.78, 5) is 17.6. The van der Waals surface area contributed by atoms with Gasteiger partial charge in [-0.3, -0.25) is 9.69 Å². The van der Waals surface area contributed by atoms with Crippen molar-refractivity contribution in [2.45, 2.75) is 31.7 Å². The number of hydrogen-bond donors (Lipinski definition) is 1. The molecule has 2 heterocycles. The fraction of sp³-hybridized carbons (Fsp3) is 0.438. The van der Waals surface area contributed by atoms with E-state index in [4.69, 9.17) is 21.2 Å². The monoisotopic (exact) mass is 335 g/mol. The lowest BCUT2D eigenvalue weighted by molar-refractivity contribution is -0.143. The van der Waals surface area contributed by atoms with Crippen LogP contribution in [0.2, 0.25) is 5.02 Å². The first kappa shape index (κ1) is 16.0. The van der Waals surface area contributed by atoms with Gasteiger partial charge >= 0.3 is 5.97 Å². The maximum absolute atomic E-state index is 11.2. The molecule has 0 radical (unpaired) electrons. The maximum atomic E-state index is 11.2. The van der Waals surface area contributed by atoms with Gasteiger partial charge in [0.15, 0.2) is 0 Å². The molecule has 1 aliphatic heterocycles. The number of carbonyl (C=O) groups is 1. The van der Waals surface area contributed by atoms with E-state index in [1.165, 1.54) is 0 Å². The van der Waals surface area contributed by atoms with Crippen molar-refractivity contribution in [3.8, 4) is 11.4 Å². The van der Waals surface area contributed by atoms with Gasteiger partial charge in [-0.25, -0.2) is 0 Å². The summed E-state index contributed by atoms with van der Waals surface area (Å²) in [5.74, 6) is 0.356. The highest BCUT2D eigenvalue weighted by Crippen LogP contribution is 2.28. The van der Waals surface area contributed by atoms with Crippen molar-refractivity contribution >= 4 is 17.6 Å². The van der Waals surface area contributed by atoms with E-state index in [0.717, 1.165) is 24.9 Å². The molecule has 1 saturated heterocycles. The van der Waals surface area contributed by atoms with E-state index >= 15 is 0 Å². The molecule has 3 rings (SSSR count). The molecule has 0 bridgehead atoms. The maximum Gasteiger partial charge on any atom is 0.320 e. The number of rotatable bonds is 4. The van der Waals surface area contributed by atoms with Crippen LogP contribution in [0.3, 0.4) is 0 Å². The number of carboxylic acids is 1. The molecule has 23 heavy (non-hydrogen) atoms. The van der Waals surface area contributed by atoms with E-state index in [9.17, 15) is 4.79 Å². The predicted octanol–water partition coefficient (Wildman–Crippen LogP) is 3.04. The first-order chi connectivity index (χ1) is 11.0. The van der Waals surface area contributed by atoms with Gasteiger partial charge in [0.2, 0.25) is 11.7 Å². The second kappa shape index (κ2) is 6.68. The van der Waals surface area contributed by atoms with Crippen molar-refractivity contribution < 1.29 is 14.4 Å². The van der Waals surface area contributed by atoms with Crippen LogP contribution in [-0.4, -0.2) is 45.2 Å². The van der Waals surface area contributed by atoms with Crippen LogP contribution in [0.5, 0.6) is 0 Å². The summed E-state index contributed by atoms with van der Waals surface area (Å²) in [5, 5.41) is 13.9. The lowest BCUT2D eigenvalue weighted by Gasteiger charge is -2.33. The molecule has 1 aliphatic rings. The van der Waals surface area contributed by atoms with Crippen molar-refractivity contribution in [1.82, 2.24) is 15.0 Å². The highest BCUT2D eigenvalue weighted by molar-refractivity contribution is 6.30. The smallest absolute Gasteiger partial charge is 0.320 e. The Morgan fingerprint density at radius 3 is 2.87 bits per heavy atom. The second-order valence-corrected chi connectivity index (χ2v) is 6.25. The highest BCUT2D eigenvalue weighted by Gasteiger charge is 2.30. The third kappa shape index (κ3) is 3.54. The quantitative estimate of drug-likeness (QED) is 0.925. The summed E-state index contributed by atoms with van der Waals surface area (Å²) in [6.45, 7) is 3.11. The number of nitrogens with zero attached hydrogens (tertiary/aromatic N) is 3. The number of benzene rings is 1. The van der Waals surface area contributed by atoms with Crippen molar-refractivity contribution in [3.63, 3.8) is 0 Å². The third-order valence-corrected chi connectivity index (χ3v) is 4.50. The lowest BCUT2D eigenvalue weighted by atomic mass is 9.97. The van der Waals surface area contributed by atoms with Crippen LogP contribution in [0.4, 0.5) is 0 Å². The Hall–Kier alpha value is -1.92. The van der Waals surface area contributed by atoms with Gasteiger partial charge in [0.25, 0.3) is 0 Å². The number of aromatic nitrogens is 2. The normalized spacial score (nSPS) is 20.3. The zero-order chi connectivity index (χ0) is 16.4. The van der Waals surface area contributed by atoms with E-state index in [1.807, 2.05) is 17.0 Å². The Labute approximate surface area is 139 Å². The SMILES string of the molecule is C[C@@H](C(=O)O)N1CCC[C@@H](c2nc(-c3ccc(Cl)cc3)no2)C1. The molecule has 0 aliphatic carbocycles. The third-order valence-electron chi connectivity index (χ3n) is 4.25. The summed E-state index contributed by atoms with van der Waals surface area (Å²) in [7, 11) is 0. The average molecular weight is 336 g/mol. The summed E-state index contributed by atoms with van der Waals surface area (Å²) in [5.41, 5.74) is 0.843. The summed E-state index contributed by atoms with van der Waals surface area (Å²) < 4.78 is 5.41. The minimum Gasteiger partial charge on any atom is -0.480 e. The summed E-state index contributed by atoms with van der Waals surface area (Å²) in [6.07, 6.45) is 1.84. The Morgan fingerprint density at radius 1 is 1.43 bits per heavy atom. The molecular formula is C16H18ClN3O3. The number of halogens is 1. The molecule has 1 aromatic carbocycles. The molecule has 2 atom stereocenters. The minimum absolute atomic E-state index is 0.0686. The molecule has 2 aromatic rings. The van der Waals surface area contributed by atoms with Crippen molar-refractivity contribution in [1.29, 1.82) is 0 Å². The number of piperidine rings is 1. The van der Waals surface area contributed by atoms with E-state index < -0.39 is 12.0 Å². The topological polar surface area (TPSA) is 79.5 Å². The molecule has 1 fully saturated rings. The van der Waals surface area contributed by atoms with Gasteiger partial charge in [-0.15, -0.1) is 0 Å². The number of carboxylic acid groups (broad SMARTS) is 1. The Bertz CT molecular complexity index is 686. The number of likely N-dealkylation sites (tertiary alicyclic amines) is 1. The van der Waals surface area contributed by atoms with E-state index in [2.05, 4.69) is 10.1 Å². The van der Waals surface area contributed by atoms with Gasteiger partial charge in [-0.1, -0.05) is 16.8 Å². The van der Waals surface area contributed by atoms with Crippen LogP contribution in [0.15, 0.2) is 28.8 Å². The fourth-order valence-electron chi connectivity index (χ4n) is 2.83. The van der Waals surface area contributed by atoms with E-state index in [-0.39, 0.29) is 5.92 Å². The second-order valence-electron chi connectivity index (χ2n) is 5.81. The van der Waals surface area contributed by atoms with Gasteiger partial charge < -0.3 is 9.63 Å². The van der Waals surface area contributed by atoms with Crippen LogP contribution >= 0.6 is 11.6 Å². The van der Waals surface area contributed by atoms with Crippen LogP contribution < -0.4 is 0 Å². The van der Waals surface area contributed by atoms with Crippen molar-refractivity contribution in [2.24, 2.45) is 0 Å². The largest absolute Gasteiger partial charge is 0.480 e. The highest BCUT2D eigenvalue weighted by atomic mass is 35.5. The van der Waals surface area contributed by atoms with Crippen LogP contribution in [0.1, 0.15) is 31.6 Å². The molecule has 6 nitrogen and oxygen atoms in total. The molecule has 7 heteroatoms. The van der Waals surface area contributed by atoms with Gasteiger partial charge in [0.1, 0.15) is 6.04 Å². The van der Waals surface area contributed by atoms with Crippen molar-refractivity contribution in [3.05, 3.63) is 35.2 Å². The Kier molecular flexibility index (Phi) is 4.63. The van der Waals surface area contributed by atoms with Crippen LogP contribution in [-0.2, 0) is 4.79 Å². The zero-order valence-corrected chi connectivity index (χ0v) is 13.5. The average Bonchev–Trinajstić information content (AvgIpc) is 3.05. The fourth-order valence-corrected chi connectivity index (χ4v) is 2.96. The first-order valence-corrected chi connectivity index (χ1v) is 7.99. The van der Waals surface area contributed by atoms with Gasteiger partial charge in [-0.05, 0) is 50.6 Å². The predicted molar refractivity (Wildman–Crippen MR) is 85.4 cm³/mol. The zero-order valence-electron chi connectivity index (χ0n) is 12.8. The molecule has 0 spiro atoms. The van der Waals surface area contributed by atoms with E-state index in [1.54, 1.807) is 19.1 Å².